The predicted molar refractivity (Wildman–Crippen MR) is 88.8 cm³/mol. The standard InChI is InChI=1S/C16H29ClN4/c1-4-14-16(17)15(21(6-3)19-14)12-20(5-2)11-13-8-7-9-18-10-13/h13,18H,4-12H2,1-3H3. The van der Waals surface area contributed by atoms with Gasteiger partial charge in [0.25, 0.3) is 0 Å². The van der Waals surface area contributed by atoms with Gasteiger partial charge in [0.2, 0.25) is 0 Å². The van der Waals surface area contributed by atoms with E-state index in [-0.39, 0.29) is 0 Å². The van der Waals surface area contributed by atoms with Crippen LogP contribution < -0.4 is 5.32 Å². The van der Waals surface area contributed by atoms with Gasteiger partial charge in [-0.2, -0.15) is 5.10 Å². The molecule has 0 radical (unpaired) electrons. The van der Waals surface area contributed by atoms with Crippen LogP contribution in [0.3, 0.4) is 0 Å². The number of aryl methyl sites for hydroxylation is 2. The van der Waals surface area contributed by atoms with E-state index in [0.717, 1.165) is 55.8 Å². The minimum Gasteiger partial charge on any atom is -0.316 e. The highest BCUT2D eigenvalue weighted by molar-refractivity contribution is 6.31. The van der Waals surface area contributed by atoms with Crippen LogP contribution in [0.4, 0.5) is 0 Å². The van der Waals surface area contributed by atoms with Crippen LogP contribution in [0.1, 0.15) is 45.0 Å². The molecule has 0 saturated carbocycles. The van der Waals surface area contributed by atoms with Crippen LogP contribution >= 0.6 is 11.6 Å². The van der Waals surface area contributed by atoms with Crippen molar-refractivity contribution in [2.75, 3.05) is 26.2 Å². The molecular formula is C16H29ClN4. The third kappa shape index (κ3) is 4.21. The molecule has 1 aliphatic heterocycles. The van der Waals surface area contributed by atoms with Crippen LogP contribution in [0.2, 0.25) is 5.02 Å². The van der Waals surface area contributed by atoms with Gasteiger partial charge in [-0.05, 0) is 51.7 Å². The summed E-state index contributed by atoms with van der Waals surface area (Å²) in [5, 5.41) is 9.01. The number of hydrogen-bond donors (Lipinski definition) is 1. The lowest BCUT2D eigenvalue weighted by atomic mass is 9.99. The number of halogens is 1. The van der Waals surface area contributed by atoms with Crippen LogP contribution in [0.25, 0.3) is 0 Å². The number of nitrogens with zero attached hydrogens (tertiary/aromatic N) is 3. The summed E-state index contributed by atoms with van der Waals surface area (Å²) >= 11 is 6.53. The highest BCUT2D eigenvalue weighted by atomic mass is 35.5. The van der Waals surface area contributed by atoms with E-state index in [1.807, 2.05) is 0 Å². The molecule has 1 saturated heterocycles. The highest BCUT2D eigenvalue weighted by Gasteiger charge is 2.20. The lowest BCUT2D eigenvalue weighted by Crippen LogP contribution is -2.38. The second kappa shape index (κ2) is 8.16. The first-order chi connectivity index (χ1) is 10.2. The first kappa shape index (κ1) is 16.8. The Balaban J connectivity index is 2.05. The van der Waals surface area contributed by atoms with Gasteiger partial charge < -0.3 is 5.32 Å². The molecule has 0 bridgehead atoms. The Hall–Kier alpha value is -0.580. The number of piperidine rings is 1. The average molecular weight is 313 g/mol. The van der Waals surface area contributed by atoms with Gasteiger partial charge in [0.05, 0.1) is 16.4 Å². The smallest absolute Gasteiger partial charge is 0.0863 e. The second-order valence-electron chi connectivity index (χ2n) is 5.92. The van der Waals surface area contributed by atoms with Crippen LogP contribution in [-0.2, 0) is 19.5 Å². The van der Waals surface area contributed by atoms with Gasteiger partial charge >= 0.3 is 0 Å². The maximum atomic E-state index is 6.53. The van der Waals surface area contributed by atoms with E-state index in [4.69, 9.17) is 11.6 Å². The van der Waals surface area contributed by atoms with Crippen LogP contribution in [0.15, 0.2) is 0 Å². The Bertz CT molecular complexity index is 438. The number of aromatic nitrogens is 2. The van der Waals surface area contributed by atoms with E-state index in [0.29, 0.717) is 0 Å². The number of hydrogen-bond acceptors (Lipinski definition) is 3. The van der Waals surface area contributed by atoms with E-state index in [1.54, 1.807) is 0 Å². The van der Waals surface area contributed by atoms with Gasteiger partial charge in [-0.3, -0.25) is 9.58 Å². The van der Waals surface area contributed by atoms with Crippen molar-refractivity contribution in [3.05, 3.63) is 16.4 Å². The Morgan fingerprint density at radius 2 is 2.19 bits per heavy atom. The fourth-order valence-electron chi connectivity index (χ4n) is 3.13. The maximum Gasteiger partial charge on any atom is 0.0863 e. The lowest BCUT2D eigenvalue weighted by Gasteiger charge is -2.29. The topological polar surface area (TPSA) is 33.1 Å². The van der Waals surface area contributed by atoms with Gasteiger partial charge in [0.1, 0.15) is 0 Å². The fourth-order valence-corrected chi connectivity index (χ4v) is 3.46. The van der Waals surface area contributed by atoms with Crippen molar-refractivity contribution in [3.63, 3.8) is 0 Å². The van der Waals surface area contributed by atoms with Crippen molar-refractivity contribution < 1.29 is 0 Å². The summed E-state index contributed by atoms with van der Waals surface area (Å²) in [6.45, 7) is 12.8. The summed E-state index contributed by atoms with van der Waals surface area (Å²) in [5.74, 6) is 0.765. The quantitative estimate of drug-likeness (QED) is 0.840. The summed E-state index contributed by atoms with van der Waals surface area (Å²) in [6, 6.07) is 0. The Morgan fingerprint density at radius 1 is 1.38 bits per heavy atom. The molecule has 21 heavy (non-hydrogen) atoms. The third-order valence-electron chi connectivity index (χ3n) is 4.43. The lowest BCUT2D eigenvalue weighted by molar-refractivity contribution is 0.205. The molecule has 0 amide bonds. The van der Waals surface area contributed by atoms with Crippen LogP contribution in [0.5, 0.6) is 0 Å². The molecular weight excluding hydrogens is 284 g/mol. The van der Waals surface area contributed by atoms with Crippen molar-refractivity contribution >= 4 is 11.6 Å². The summed E-state index contributed by atoms with van der Waals surface area (Å²) in [7, 11) is 0. The van der Waals surface area contributed by atoms with Crippen molar-refractivity contribution in [1.29, 1.82) is 0 Å². The molecule has 120 valence electrons. The molecule has 1 atom stereocenters. The van der Waals surface area contributed by atoms with E-state index < -0.39 is 0 Å². The Morgan fingerprint density at radius 3 is 2.76 bits per heavy atom. The van der Waals surface area contributed by atoms with Crippen LogP contribution in [0, 0.1) is 5.92 Å². The summed E-state index contributed by atoms with van der Waals surface area (Å²) in [5.41, 5.74) is 2.21. The first-order valence-corrected chi connectivity index (χ1v) is 8.74. The molecule has 1 aromatic heterocycles. The van der Waals surface area contributed by atoms with Gasteiger partial charge in [-0.1, -0.05) is 25.4 Å². The molecule has 1 aromatic rings. The SMILES string of the molecule is CCc1nn(CC)c(CN(CC)CC2CCCNC2)c1Cl. The zero-order valence-corrected chi connectivity index (χ0v) is 14.4. The zero-order chi connectivity index (χ0) is 15.2. The molecule has 1 N–H and O–H groups in total. The monoisotopic (exact) mass is 312 g/mol. The Labute approximate surface area is 133 Å². The van der Waals surface area contributed by atoms with E-state index in [9.17, 15) is 0 Å². The molecule has 2 heterocycles. The molecule has 0 aromatic carbocycles. The normalized spacial score (nSPS) is 19.4. The highest BCUT2D eigenvalue weighted by Crippen LogP contribution is 2.24. The minimum atomic E-state index is 0.765. The predicted octanol–water partition coefficient (Wildman–Crippen LogP) is 2.94. The van der Waals surface area contributed by atoms with Crippen molar-refractivity contribution in [2.24, 2.45) is 5.92 Å². The van der Waals surface area contributed by atoms with Crippen molar-refractivity contribution in [1.82, 2.24) is 20.0 Å². The van der Waals surface area contributed by atoms with Crippen molar-refractivity contribution in [2.45, 2.75) is 53.1 Å². The van der Waals surface area contributed by atoms with Crippen molar-refractivity contribution in [3.8, 4) is 0 Å². The minimum absolute atomic E-state index is 0.765. The molecule has 1 aliphatic rings. The molecule has 2 rings (SSSR count). The summed E-state index contributed by atoms with van der Waals surface area (Å²) < 4.78 is 2.07. The van der Waals surface area contributed by atoms with Gasteiger partial charge in [0, 0.05) is 19.6 Å². The first-order valence-electron chi connectivity index (χ1n) is 8.36. The number of nitrogens with one attached hydrogen (secondary N) is 1. The second-order valence-corrected chi connectivity index (χ2v) is 6.29. The molecule has 0 aliphatic carbocycles. The van der Waals surface area contributed by atoms with E-state index in [2.05, 4.69) is 40.8 Å². The fraction of sp³-hybridized carbons (Fsp3) is 0.812. The molecule has 4 nitrogen and oxygen atoms in total. The Kier molecular flexibility index (Phi) is 6.52. The average Bonchev–Trinajstić information content (AvgIpc) is 2.83. The number of rotatable bonds is 7. The largest absolute Gasteiger partial charge is 0.316 e. The summed E-state index contributed by atoms with van der Waals surface area (Å²) in [4.78, 5) is 2.51. The van der Waals surface area contributed by atoms with Gasteiger partial charge in [-0.15, -0.1) is 0 Å². The summed E-state index contributed by atoms with van der Waals surface area (Å²) in [6.07, 6.45) is 3.54. The van der Waals surface area contributed by atoms with Gasteiger partial charge in [0.15, 0.2) is 0 Å². The van der Waals surface area contributed by atoms with E-state index in [1.165, 1.54) is 25.1 Å². The molecule has 0 spiro atoms. The maximum absolute atomic E-state index is 6.53. The molecule has 1 unspecified atom stereocenters. The molecule has 1 fully saturated rings. The third-order valence-corrected chi connectivity index (χ3v) is 4.87. The van der Waals surface area contributed by atoms with Gasteiger partial charge in [-0.25, -0.2) is 0 Å². The van der Waals surface area contributed by atoms with E-state index >= 15 is 0 Å². The molecule has 5 heteroatoms. The van der Waals surface area contributed by atoms with Crippen LogP contribution in [-0.4, -0.2) is 40.9 Å². The zero-order valence-electron chi connectivity index (χ0n) is 13.7.